The Morgan fingerprint density at radius 1 is 1.28 bits per heavy atom. The predicted octanol–water partition coefficient (Wildman–Crippen LogP) is 1.41. The summed E-state index contributed by atoms with van der Waals surface area (Å²) in [7, 11) is 1.61. The monoisotopic (exact) mass is 289 g/mol. The zero-order valence-corrected chi connectivity index (χ0v) is 11.5. The van der Waals surface area contributed by atoms with E-state index >= 15 is 0 Å². The van der Waals surface area contributed by atoms with E-state index in [1.165, 1.54) is 0 Å². The Hall–Kier alpha value is -1.15. The van der Waals surface area contributed by atoms with Crippen molar-refractivity contribution in [3.63, 3.8) is 0 Å². The molecule has 1 unspecified atom stereocenters. The molecule has 4 nitrogen and oxygen atoms in total. The zero-order chi connectivity index (χ0) is 13.4. The molecule has 1 N–H and O–H groups in total. The molecule has 0 radical (unpaired) electrons. The van der Waals surface area contributed by atoms with Gasteiger partial charge in [-0.2, -0.15) is 0 Å². The van der Waals surface area contributed by atoms with Gasteiger partial charge < -0.3 is 0 Å². The molecule has 0 heterocycles. The summed E-state index contributed by atoms with van der Waals surface area (Å²) in [5.41, 5.74) is 1.10. The van der Waals surface area contributed by atoms with Gasteiger partial charge in [-0.1, -0.05) is 0 Å². The van der Waals surface area contributed by atoms with Crippen LogP contribution in [0.1, 0.15) is 12.0 Å². The summed E-state index contributed by atoms with van der Waals surface area (Å²) in [5, 5.41) is 11.5. The Labute approximate surface area is 111 Å². The fourth-order valence-electron chi connectivity index (χ4n) is 1.53. The number of aliphatic hydroxyl groups excluding tert-OH is 1. The first-order valence-electron chi connectivity index (χ1n) is 5.59. The van der Waals surface area contributed by atoms with Crippen LogP contribution in [0.5, 0.6) is 5.75 Å². The fraction of sp³-hybridized carbons (Fsp3) is 0.385. The second-order valence-corrected chi connectivity index (χ2v) is 6.46. The van der Waals surface area contributed by atoms with E-state index in [4.69, 9.17) is 4.74 Å². The molecule has 0 bridgehead atoms. The Balaban J connectivity index is 2.39. The third-order valence-electron chi connectivity index (χ3n) is 2.56. The summed E-state index contributed by atoms with van der Waals surface area (Å²) in [6.45, 7) is 0. The zero-order valence-electron chi connectivity index (χ0n) is 10.2. The van der Waals surface area contributed by atoms with Gasteiger partial charge in [0.05, 0.1) is 0 Å². The molecule has 0 amide bonds. The first kappa shape index (κ1) is 14.9. The van der Waals surface area contributed by atoms with Crippen LogP contribution in [-0.4, -0.2) is 28.6 Å². The minimum absolute atomic E-state index is 0.323. The molecule has 0 aliphatic carbocycles. The summed E-state index contributed by atoms with van der Waals surface area (Å²) in [6, 6.07) is 7.63. The number of hydrogen-bond donors (Lipinski definition) is 1. The molecule has 5 heteroatoms. The minimum atomic E-state index is -1.89. The summed E-state index contributed by atoms with van der Waals surface area (Å²) in [6.07, 6.45) is 0.711. The number of benzene rings is 1. The number of ether oxygens (including phenoxy) is 1. The normalized spacial score (nSPS) is 12.2. The van der Waals surface area contributed by atoms with E-state index in [1.54, 1.807) is 7.11 Å². The molecule has 1 rings (SSSR count). The number of aliphatic hydroxyl groups is 1. The Kier molecular flexibility index (Phi) is 6.66. The quantitative estimate of drug-likeness (QED) is 0.735. The van der Waals surface area contributed by atoms with Crippen LogP contribution >= 0.6 is 0 Å². The van der Waals surface area contributed by atoms with Gasteiger partial charge in [0.1, 0.15) is 0 Å². The van der Waals surface area contributed by atoms with E-state index in [0.717, 1.165) is 17.7 Å². The Bertz CT molecular complexity index is 369. The number of methoxy groups -OCH3 is 1. The van der Waals surface area contributed by atoms with E-state index in [9.17, 15) is 14.7 Å². The van der Waals surface area contributed by atoms with Gasteiger partial charge in [-0.15, -0.1) is 0 Å². The second-order valence-electron chi connectivity index (χ2n) is 3.87. The van der Waals surface area contributed by atoms with Crippen LogP contribution in [0.4, 0.5) is 0 Å². The van der Waals surface area contributed by atoms with Gasteiger partial charge in [0.2, 0.25) is 0 Å². The molecule has 0 aliphatic rings. The SMILES string of the molecule is COc1ccc(CCC(O)[CH2][Cr]([CH]=O)[CH]=O)cc1. The molecule has 18 heavy (non-hydrogen) atoms. The number of carbonyl (C=O) groups excluding carboxylic acids is 2. The molecule has 0 saturated carbocycles. The molecular formula is C13H17CrO4. The maximum absolute atomic E-state index is 10.5. The van der Waals surface area contributed by atoms with Gasteiger partial charge in [0.15, 0.2) is 0 Å². The Morgan fingerprint density at radius 2 is 1.89 bits per heavy atom. The van der Waals surface area contributed by atoms with Crippen molar-refractivity contribution in [1.29, 1.82) is 0 Å². The van der Waals surface area contributed by atoms with Crippen molar-refractivity contribution >= 4 is 10.3 Å². The number of carbonyl (C=O) groups is 2. The van der Waals surface area contributed by atoms with Gasteiger partial charge in [-0.05, 0) is 0 Å². The van der Waals surface area contributed by atoms with Crippen LogP contribution in [0, 0.1) is 0 Å². The summed E-state index contributed by atoms with van der Waals surface area (Å²) < 4.78 is 5.05. The third kappa shape index (κ3) is 5.01. The topological polar surface area (TPSA) is 63.6 Å². The number of rotatable bonds is 8. The summed E-state index contributed by atoms with van der Waals surface area (Å²) in [4.78, 5) is 21.0. The first-order valence-corrected chi connectivity index (χ1v) is 7.97. The van der Waals surface area contributed by atoms with Crippen LogP contribution in [0.2, 0.25) is 5.28 Å². The van der Waals surface area contributed by atoms with Crippen LogP contribution < -0.4 is 4.74 Å². The molecular weight excluding hydrogens is 272 g/mol. The number of hydrogen-bond acceptors (Lipinski definition) is 4. The van der Waals surface area contributed by atoms with Crippen molar-refractivity contribution in [3.05, 3.63) is 29.8 Å². The average Bonchev–Trinajstić information content (AvgIpc) is 2.43. The van der Waals surface area contributed by atoms with E-state index in [1.807, 2.05) is 24.3 Å². The standard InChI is InChI=1S/C11H15O2.2CHO.Cr/c1-9(12)3-4-10-5-7-11(13-2)8-6-10;2*1-2;/h5-9,12H,1,3-4H2,2H3;2*1H;. The van der Waals surface area contributed by atoms with Crippen LogP contribution in [0.15, 0.2) is 24.3 Å². The van der Waals surface area contributed by atoms with Gasteiger partial charge in [-0.25, -0.2) is 0 Å². The fourth-order valence-corrected chi connectivity index (χ4v) is 2.80. The van der Waals surface area contributed by atoms with E-state index in [-0.39, 0.29) is 0 Å². The molecule has 1 atom stereocenters. The number of aryl methyl sites for hydroxylation is 1. The van der Waals surface area contributed by atoms with Crippen molar-refractivity contribution in [3.8, 4) is 5.75 Å². The van der Waals surface area contributed by atoms with E-state index < -0.39 is 20.3 Å². The van der Waals surface area contributed by atoms with Gasteiger partial charge in [-0.3, -0.25) is 0 Å². The van der Waals surface area contributed by atoms with Gasteiger partial charge in [0, 0.05) is 0 Å². The van der Waals surface area contributed by atoms with Crippen molar-refractivity contribution in [2.24, 2.45) is 0 Å². The first-order chi connectivity index (χ1) is 8.69. The second kappa shape index (κ2) is 8.04. The predicted molar refractivity (Wildman–Crippen MR) is 65.6 cm³/mol. The van der Waals surface area contributed by atoms with E-state index in [0.29, 0.717) is 22.0 Å². The van der Waals surface area contributed by atoms with Crippen molar-refractivity contribution in [2.45, 2.75) is 24.2 Å². The maximum atomic E-state index is 10.5. The molecule has 0 spiro atoms. The van der Waals surface area contributed by atoms with Crippen LogP contribution in [0.25, 0.3) is 0 Å². The van der Waals surface area contributed by atoms with Crippen molar-refractivity contribution in [1.82, 2.24) is 0 Å². The third-order valence-corrected chi connectivity index (χ3v) is 4.53. The molecule has 1 aromatic rings. The van der Waals surface area contributed by atoms with Crippen molar-refractivity contribution < 1.29 is 33.6 Å². The molecule has 99 valence electrons. The van der Waals surface area contributed by atoms with Crippen molar-refractivity contribution in [2.75, 3.05) is 7.11 Å². The molecule has 1 aromatic carbocycles. The Morgan fingerprint density at radius 3 is 2.39 bits per heavy atom. The van der Waals surface area contributed by atoms with Gasteiger partial charge in [0.25, 0.3) is 0 Å². The van der Waals surface area contributed by atoms with Gasteiger partial charge >= 0.3 is 111 Å². The van der Waals surface area contributed by atoms with Crippen LogP contribution in [0.3, 0.4) is 0 Å². The van der Waals surface area contributed by atoms with Crippen LogP contribution in [-0.2, 0) is 30.2 Å². The van der Waals surface area contributed by atoms with E-state index in [2.05, 4.69) is 0 Å². The summed E-state index contributed by atoms with van der Waals surface area (Å²) >= 11 is -1.89. The summed E-state index contributed by atoms with van der Waals surface area (Å²) in [5.74, 6) is 0.799. The molecule has 0 aliphatic heterocycles. The average molecular weight is 289 g/mol. The molecule has 0 saturated heterocycles. The molecule has 0 aromatic heterocycles. The molecule has 0 fully saturated rings.